The van der Waals surface area contributed by atoms with Gasteiger partial charge in [0.25, 0.3) is 0 Å². The highest BCUT2D eigenvalue weighted by atomic mass is 16.5. The van der Waals surface area contributed by atoms with Crippen molar-refractivity contribution in [2.45, 2.75) is 71.1 Å². The second kappa shape index (κ2) is 4.42. The summed E-state index contributed by atoms with van der Waals surface area (Å²) < 4.78 is 5.73. The summed E-state index contributed by atoms with van der Waals surface area (Å²) in [7, 11) is 0. The van der Waals surface area contributed by atoms with Crippen LogP contribution >= 0.6 is 0 Å². The summed E-state index contributed by atoms with van der Waals surface area (Å²) in [5.74, 6) is 0. The molecule has 1 aliphatic carbocycles. The minimum absolute atomic E-state index is 0.460. The van der Waals surface area contributed by atoms with Crippen LogP contribution in [0.2, 0.25) is 0 Å². The number of nitrogens with one attached hydrogen (secondary N) is 1. The van der Waals surface area contributed by atoms with E-state index in [9.17, 15) is 0 Å². The van der Waals surface area contributed by atoms with Crippen molar-refractivity contribution in [1.82, 2.24) is 5.32 Å². The summed E-state index contributed by atoms with van der Waals surface area (Å²) in [4.78, 5) is 0. The molecule has 0 amide bonds. The van der Waals surface area contributed by atoms with E-state index in [1.807, 2.05) is 0 Å². The molecule has 2 rings (SSSR count). The van der Waals surface area contributed by atoms with Crippen molar-refractivity contribution < 1.29 is 4.74 Å². The predicted octanol–water partition coefficient (Wildman–Crippen LogP) is 2.72. The Balaban J connectivity index is 1.85. The maximum Gasteiger partial charge on any atom is 0.0726 e. The summed E-state index contributed by atoms with van der Waals surface area (Å²) in [6, 6.07) is 1.21. The van der Waals surface area contributed by atoms with Gasteiger partial charge in [0.2, 0.25) is 0 Å². The van der Waals surface area contributed by atoms with Crippen LogP contribution < -0.4 is 5.32 Å². The minimum atomic E-state index is 0.460. The van der Waals surface area contributed by atoms with Gasteiger partial charge in [0.15, 0.2) is 0 Å². The van der Waals surface area contributed by atoms with Gasteiger partial charge in [0.05, 0.1) is 6.10 Å². The molecule has 3 unspecified atom stereocenters. The number of hydrogen-bond donors (Lipinski definition) is 1. The lowest BCUT2D eigenvalue weighted by Gasteiger charge is -2.32. The molecule has 0 bridgehead atoms. The zero-order valence-electron chi connectivity index (χ0n) is 10.4. The molecule has 15 heavy (non-hydrogen) atoms. The predicted molar refractivity (Wildman–Crippen MR) is 63.0 cm³/mol. The highest BCUT2D eigenvalue weighted by molar-refractivity contribution is 4.93. The molecular weight excluding hydrogens is 186 g/mol. The van der Waals surface area contributed by atoms with Gasteiger partial charge in [-0.05, 0) is 38.0 Å². The first-order chi connectivity index (χ1) is 7.09. The molecule has 88 valence electrons. The van der Waals surface area contributed by atoms with Crippen LogP contribution in [0.4, 0.5) is 0 Å². The molecule has 0 radical (unpaired) electrons. The van der Waals surface area contributed by atoms with Crippen molar-refractivity contribution in [3.8, 4) is 0 Å². The third-order valence-electron chi connectivity index (χ3n) is 4.24. The summed E-state index contributed by atoms with van der Waals surface area (Å²) in [6.07, 6.45) is 7.02. The van der Waals surface area contributed by atoms with Gasteiger partial charge in [0.1, 0.15) is 0 Å². The second-order valence-electron chi connectivity index (χ2n) is 5.94. The smallest absolute Gasteiger partial charge is 0.0726 e. The molecule has 0 aromatic carbocycles. The molecule has 0 spiro atoms. The quantitative estimate of drug-likeness (QED) is 0.775. The average Bonchev–Trinajstić information content (AvgIpc) is 2.76. The van der Waals surface area contributed by atoms with Crippen LogP contribution in [0.25, 0.3) is 0 Å². The Hall–Kier alpha value is -0.0800. The molecule has 0 aromatic rings. The molecule has 1 saturated carbocycles. The normalized spacial score (nSPS) is 37.0. The monoisotopic (exact) mass is 211 g/mol. The van der Waals surface area contributed by atoms with Crippen LogP contribution in [0, 0.1) is 5.41 Å². The molecule has 1 N–H and O–H groups in total. The highest BCUT2D eigenvalue weighted by Crippen LogP contribution is 2.37. The average molecular weight is 211 g/mol. The van der Waals surface area contributed by atoms with Crippen molar-refractivity contribution in [3.63, 3.8) is 0 Å². The minimum Gasteiger partial charge on any atom is -0.377 e. The number of hydrogen-bond acceptors (Lipinski definition) is 2. The Morgan fingerprint density at radius 2 is 2.07 bits per heavy atom. The van der Waals surface area contributed by atoms with Gasteiger partial charge in [-0.15, -0.1) is 0 Å². The van der Waals surface area contributed by atoms with E-state index in [4.69, 9.17) is 4.74 Å². The highest BCUT2D eigenvalue weighted by Gasteiger charge is 2.36. The first kappa shape index (κ1) is 11.4. The lowest BCUT2D eigenvalue weighted by atomic mass is 9.87. The summed E-state index contributed by atoms with van der Waals surface area (Å²) in [6.45, 7) is 8.02. The fourth-order valence-electron chi connectivity index (χ4n) is 3.06. The second-order valence-corrected chi connectivity index (χ2v) is 5.94. The zero-order valence-corrected chi connectivity index (χ0v) is 10.4. The third-order valence-corrected chi connectivity index (χ3v) is 4.24. The van der Waals surface area contributed by atoms with E-state index < -0.39 is 0 Å². The third kappa shape index (κ3) is 2.54. The van der Waals surface area contributed by atoms with Crippen molar-refractivity contribution in [1.29, 1.82) is 0 Å². The van der Waals surface area contributed by atoms with Crippen LogP contribution in [0.1, 0.15) is 52.9 Å². The van der Waals surface area contributed by atoms with Crippen molar-refractivity contribution in [3.05, 3.63) is 0 Å². The molecule has 2 fully saturated rings. The number of ether oxygens (including phenoxy) is 1. The van der Waals surface area contributed by atoms with Crippen molar-refractivity contribution >= 4 is 0 Å². The van der Waals surface area contributed by atoms with E-state index in [1.54, 1.807) is 0 Å². The maximum atomic E-state index is 5.73. The molecule has 2 heteroatoms. The Morgan fingerprint density at radius 1 is 1.27 bits per heavy atom. The van der Waals surface area contributed by atoms with Crippen molar-refractivity contribution in [2.24, 2.45) is 5.41 Å². The molecule has 2 nitrogen and oxygen atoms in total. The van der Waals surface area contributed by atoms with Gasteiger partial charge in [-0.2, -0.15) is 0 Å². The first-order valence-electron chi connectivity index (χ1n) is 6.47. The van der Waals surface area contributed by atoms with Gasteiger partial charge in [-0.1, -0.05) is 20.3 Å². The molecule has 0 aromatic heterocycles. The zero-order chi connectivity index (χ0) is 10.9. The summed E-state index contributed by atoms with van der Waals surface area (Å²) in [5.41, 5.74) is 0.479. The molecule has 1 saturated heterocycles. The van der Waals surface area contributed by atoms with Crippen LogP contribution in [-0.2, 0) is 4.74 Å². The van der Waals surface area contributed by atoms with E-state index in [-0.39, 0.29) is 0 Å². The van der Waals surface area contributed by atoms with E-state index in [0.29, 0.717) is 23.6 Å². The SMILES string of the molecule is CC(NC1CCCC1(C)C)C1CCCO1. The van der Waals surface area contributed by atoms with Gasteiger partial charge in [0, 0.05) is 18.7 Å². The van der Waals surface area contributed by atoms with Crippen LogP contribution in [0.15, 0.2) is 0 Å². The molecule has 3 atom stereocenters. The van der Waals surface area contributed by atoms with Crippen LogP contribution in [-0.4, -0.2) is 24.8 Å². The van der Waals surface area contributed by atoms with Gasteiger partial charge < -0.3 is 10.1 Å². The molecule has 1 aliphatic heterocycles. The van der Waals surface area contributed by atoms with E-state index >= 15 is 0 Å². The van der Waals surface area contributed by atoms with Gasteiger partial charge in [-0.25, -0.2) is 0 Å². The van der Waals surface area contributed by atoms with Crippen LogP contribution in [0.5, 0.6) is 0 Å². The first-order valence-corrected chi connectivity index (χ1v) is 6.47. The lowest BCUT2D eigenvalue weighted by Crippen LogP contribution is -2.47. The largest absolute Gasteiger partial charge is 0.377 e. The van der Waals surface area contributed by atoms with E-state index in [2.05, 4.69) is 26.1 Å². The Kier molecular flexibility index (Phi) is 3.36. The summed E-state index contributed by atoms with van der Waals surface area (Å²) in [5, 5.41) is 3.79. The maximum absolute atomic E-state index is 5.73. The van der Waals surface area contributed by atoms with Gasteiger partial charge in [-0.3, -0.25) is 0 Å². The molecule has 1 heterocycles. The Labute approximate surface area is 93.8 Å². The standard InChI is InChI=1S/C13H25NO/c1-10(11-6-5-9-15-11)14-12-7-4-8-13(12,2)3/h10-12,14H,4-9H2,1-3H3. The fraction of sp³-hybridized carbons (Fsp3) is 1.00. The molecular formula is C13H25NO. The summed E-state index contributed by atoms with van der Waals surface area (Å²) >= 11 is 0. The fourth-order valence-corrected chi connectivity index (χ4v) is 3.06. The van der Waals surface area contributed by atoms with E-state index in [0.717, 1.165) is 6.61 Å². The van der Waals surface area contributed by atoms with Crippen LogP contribution in [0.3, 0.4) is 0 Å². The Bertz CT molecular complexity index is 209. The van der Waals surface area contributed by atoms with Crippen molar-refractivity contribution in [2.75, 3.05) is 6.61 Å². The Morgan fingerprint density at radius 3 is 2.60 bits per heavy atom. The van der Waals surface area contributed by atoms with E-state index in [1.165, 1.54) is 32.1 Å². The topological polar surface area (TPSA) is 21.3 Å². The lowest BCUT2D eigenvalue weighted by molar-refractivity contribution is 0.0737. The molecule has 2 aliphatic rings. The van der Waals surface area contributed by atoms with Gasteiger partial charge >= 0.3 is 0 Å². The number of rotatable bonds is 3.